The number of nitrogens with zero attached hydrogens (tertiary/aromatic N) is 1. The number of hydrogen-bond acceptors (Lipinski definition) is 3. The summed E-state index contributed by atoms with van der Waals surface area (Å²) in [6, 6.07) is 3.93. The summed E-state index contributed by atoms with van der Waals surface area (Å²) >= 11 is 1.51. The second kappa shape index (κ2) is 5.33. The molecule has 0 bridgehead atoms. The number of halogens is 2. The zero-order chi connectivity index (χ0) is 12.3. The Bertz CT molecular complexity index is 485. The van der Waals surface area contributed by atoms with Crippen molar-refractivity contribution in [3.05, 3.63) is 52.0 Å². The third-order valence-electron chi connectivity index (χ3n) is 2.46. The Hall–Kier alpha value is -1.33. The monoisotopic (exact) mass is 254 g/mol. The molecular formula is C12H12F2N2S. The molecule has 0 aliphatic rings. The summed E-state index contributed by atoms with van der Waals surface area (Å²) in [6.45, 7) is 0. The summed E-state index contributed by atoms with van der Waals surface area (Å²) in [6.07, 6.45) is 2.69. The molecule has 17 heavy (non-hydrogen) atoms. The normalized spacial score (nSPS) is 12.6. The Labute approximate surface area is 102 Å². The van der Waals surface area contributed by atoms with E-state index >= 15 is 0 Å². The molecule has 0 amide bonds. The summed E-state index contributed by atoms with van der Waals surface area (Å²) in [5.74, 6) is -1.63. The zero-order valence-electron chi connectivity index (χ0n) is 9.07. The topological polar surface area (TPSA) is 38.9 Å². The number of aromatic nitrogens is 1. The molecule has 1 heterocycles. The smallest absolute Gasteiger partial charge is 0.162 e. The molecule has 2 nitrogen and oxygen atoms in total. The molecule has 0 aliphatic heterocycles. The molecule has 0 radical (unpaired) electrons. The van der Waals surface area contributed by atoms with E-state index in [1.165, 1.54) is 17.4 Å². The molecule has 0 saturated carbocycles. The van der Waals surface area contributed by atoms with Gasteiger partial charge in [-0.05, 0) is 24.5 Å². The summed E-state index contributed by atoms with van der Waals surface area (Å²) in [4.78, 5) is 4.99. The van der Waals surface area contributed by atoms with Gasteiger partial charge in [0.05, 0.1) is 5.51 Å². The van der Waals surface area contributed by atoms with Crippen molar-refractivity contribution < 1.29 is 8.78 Å². The third kappa shape index (κ3) is 3.08. The summed E-state index contributed by atoms with van der Waals surface area (Å²) in [5.41, 5.74) is 7.95. The maximum Gasteiger partial charge on any atom is 0.162 e. The quantitative estimate of drug-likeness (QED) is 0.910. The molecule has 1 aromatic carbocycles. The molecule has 5 heteroatoms. The Kier molecular flexibility index (Phi) is 3.81. The molecule has 0 spiro atoms. The van der Waals surface area contributed by atoms with E-state index in [2.05, 4.69) is 4.98 Å². The van der Waals surface area contributed by atoms with Gasteiger partial charge in [-0.25, -0.2) is 8.78 Å². The van der Waals surface area contributed by atoms with Crippen LogP contribution in [0, 0.1) is 11.6 Å². The van der Waals surface area contributed by atoms with Crippen LogP contribution in [0.4, 0.5) is 8.78 Å². The SMILES string of the molecule is NC(Cc1cncs1)Cc1cccc(F)c1F. The van der Waals surface area contributed by atoms with Gasteiger partial charge in [-0.1, -0.05) is 12.1 Å². The summed E-state index contributed by atoms with van der Waals surface area (Å²) in [7, 11) is 0. The molecular weight excluding hydrogens is 242 g/mol. The van der Waals surface area contributed by atoms with Crippen LogP contribution >= 0.6 is 11.3 Å². The van der Waals surface area contributed by atoms with Crippen molar-refractivity contribution in [2.24, 2.45) is 5.73 Å². The van der Waals surface area contributed by atoms with Gasteiger partial charge in [0.25, 0.3) is 0 Å². The van der Waals surface area contributed by atoms with Gasteiger partial charge in [-0.3, -0.25) is 4.98 Å². The zero-order valence-corrected chi connectivity index (χ0v) is 9.88. The third-order valence-corrected chi connectivity index (χ3v) is 3.26. The molecule has 0 fully saturated rings. The van der Waals surface area contributed by atoms with Crippen LogP contribution in [0.25, 0.3) is 0 Å². The number of hydrogen-bond donors (Lipinski definition) is 1. The lowest BCUT2D eigenvalue weighted by Gasteiger charge is -2.11. The van der Waals surface area contributed by atoms with Crippen LogP contribution in [-0.4, -0.2) is 11.0 Å². The van der Waals surface area contributed by atoms with Crippen LogP contribution in [0.1, 0.15) is 10.4 Å². The number of nitrogens with two attached hydrogens (primary N) is 1. The largest absolute Gasteiger partial charge is 0.327 e. The van der Waals surface area contributed by atoms with Crippen molar-refractivity contribution in [2.75, 3.05) is 0 Å². The highest BCUT2D eigenvalue weighted by Crippen LogP contribution is 2.15. The van der Waals surface area contributed by atoms with E-state index in [1.807, 2.05) is 0 Å². The van der Waals surface area contributed by atoms with Gasteiger partial charge in [-0.15, -0.1) is 11.3 Å². The van der Waals surface area contributed by atoms with Crippen LogP contribution < -0.4 is 5.73 Å². The second-order valence-electron chi connectivity index (χ2n) is 3.85. The van der Waals surface area contributed by atoms with Gasteiger partial charge in [0.1, 0.15) is 0 Å². The Balaban J connectivity index is 2.03. The van der Waals surface area contributed by atoms with Gasteiger partial charge in [0, 0.05) is 17.1 Å². The number of thiazole rings is 1. The van der Waals surface area contributed by atoms with Crippen LogP contribution in [0.15, 0.2) is 29.9 Å². The summed E-state index contributed by atoms with van der Waals surface area (Å²) in [5, 5.41) is 0. The van der Waals surface area contributed by atoms with E-state index in [-0.39, 0.29) is 6.04 Å². The molecule has 2 rings (SSSR count). The molecule has 0 saturated heterocycles. The van der Waals surface area contributed by atoms with Gasteiger partial charge in [0.2, 0.25) is 0 Å². The van der Waals surface area contributed by atoms with E-state index in [1.54, 1.807) is 17.8 Å². The summed E-state index contributed by atoms with van der Waals surface area (Å²) < 4.78 is 26.4. The molecule has 1 atom stereocenters. The van der Waals surface area contributed by atoms with Crippen molar-refractivity contribution in [1.29, 1.82) is 0 Å². The van der Waals surface area contributed by atoms with E-state index in [9.17, 15) is 8.78 Å². The maximum atomic E-state index is 13.4. The standard InChI is InChI=1S/C12H12F2N2S/c13-11-3-1-2-8(12(11)14)4-9(15)5-10-6-16-7-17-10/h1-3,6-7,9H,4-5,15H2. The Morgan fingerprint density at radius 2 is 2.12 bits per heavy atom. The minimum atomic E-state index is -0.826. The van der Waals surface area contributed by atoms with Gasteiger partial charge >= 0.3 is 0 Å². The van der Waals surface area contributed by atoms with Crippen LogP contribution in [-0.2, 0) is 12.8 Å². The minimum absolute atomic E-state index is 0.230. The van der Waals surface area contributed by atoms with E-state index < -0.39 is 11.6 Å². The van der Waals surface area contributed by atoms with Crippen molar-refractivity contribution >= 4 is 11.3 Å². The van der Waals surface area contributed by atoms with E-state index in [0.29, 0.717) is 18.4 Å². The average molecular weight is 254 g/mol. The lowest BCUT2D eigenvalue weighted by molar-refractivity contribution is 0.493. The fourth-order valence-electron chi connectivity index (χ4n) is 1.66. The van der Waals surface area contributed by atoms with Gasteiger partial charge in [-0.2, -0.15) is 0 Å². The van der Waals surface area contributed by atoms with Crippen molar-refractivity contribution in [3.8, 4) is 0 Å². The van der Waals surface area contributed by atoms with Crippen LogP contribution in [0.2, 0.25) is 0 Å². The van der Waals surface area contributed by atoms with Gasteiger partial charge in [0.15, 0.2) is 11.6 Å². The first kappa shape index (κ1) is 12.1. The Morgan fingerprint density at radius 3 is 2.82 bits per heavy atom. The first-order valence-electron chi connectivity index (χ1n) is 5.22. The fourth-order valence-corrected chi connectivity index (χ4v) is 2.35. The Morgan fingerprint density at radius 1 is 1.29 bits per heavy atom. The molecule has 0 aliphatic carbocycles. The predicted octanol–water partition coefficient (Wildman–Crippen LogP) is 2.53. The molecule has 1 aromatic heterocycles. The van der Waals surface area contributed by atoms with E-state index in [0.717, 1.165) is 10.9 Å². The lowest BCUT2D eigenvalue weighted by atomic mass is 10.0. The lowest BCUT2D eigenvalue weighted by Crippen LogP contribution is -2.25. The van der Waals surface area contributed by atoms with Crippen LogP contribution in [0.3, 0.4) is 0 Å². The highest BCUT2D eigenvalue weighted by Gasteiger charge is 2.12. The second-order valence-corrected chi connectivity index (χ2v) is 4.82. The van der Waals surface area contributed by atoms with E-state index in [4.69, 9.17) is 5.73 Å². The van der Waals surface area contributed by atoms with Crippen molar-refractivity contribution in [3.63, 3.8) is 0 Å². The first-order valence-corrected chi connectivity index (χ1v) is 6.10. The van der Waals surface area contributed by atoms with Crippen molar-refractivity contribution in [2.45, 2.75) is 18.9 Å². The maximum absolute atomic E-state index is 13.4. The van der Waals surface area contributed by atoms with Gasteiger partial charge < -0.3 is 5.73 Å². The average Bonchev–Trinajstić information content (AvgIpc) is 2.77. The molecule has 1 unspecified atom stereocenters. The fraction of sp³-hybridized carbons (Fsp3) is 0.250. The number of benzene rings is 1. The minimum Gasteiger partial charge on any atom is -0.327 e. The van der Waals surface area contributed by atoms with Crippen molar-refractivity contribution in [1.82, 2.24) is 4.98 Å². The highest BCUT2D eigenvalue weighted by molar-refractivity contribution is 7.09. The highest BCUT2D eigenvalue weighted by atomic mass is 32.1. The molecule has 90 valence electrons. The number of rotatable bonds is 4. The molecule has 2 N–H and O–H groups in total. The predicted molar refractivity (Wildman–Crippen MR) is 63.9 cm³/mol. The first-order chi connectivity index (χ1) is 8.16. The van der Waals surface area contributed by atoms with Crippen LogP contribution in [0.5, 0.6) is 0 Å². The molecule has 2 aromatic rings.